The van der Waals surface area contributed by atoms with E-state index in [0.29, 0.717) is 5.69 Å². The van der Waals surface area contributed by atoms with E-state index >= 15 is 0 Å². The van der Waals surface area contributed by atoms with Crippen LogP contribution in [0, 0.1) is 0 Å². The summed E-state index contributed by atoms with van der Waals surface area (Å²) in [5, 5.41) is 2.70. The van der Waals surface area contributed by atoms with Crippen LogP contribution in [-0.4, -0.2) is 29.0 Å². The summed E-state index contributed by atoms with van der Waals surface area (Å²) in [6.07, 6.45) is 2.30. The Labute approximate surface area is 166 Å². The van der Waals surface area contributed by atoms with Crippen molar-refractivity contribution in [1.29, 1.82) is 0 Å². The van der Waals surface area contributed by atoms with Gasteiger partial charge >= 0.3 is 11.9 Å². The molecule has 0 aromatic heterocycles. The van der Waals surface area contributed by atoms with E-state index in [-0.39, 0.29) is 11.1 Å². The molecule has 6 heteroatoms. The zero-order valence-corrected chi connectivity index (χ0v) is 17.6. The van der Waals surface area contributed by atoms with Gasteiger partial charge in [-0.3, -0.25) is 4.79 Å². The van der Waals surface area contributed by atoms with Gasteiger partial charge in [-0.05, 0) is 66.2 Å². The minimum Gasteiger partial charge on any atom is -0.457 e. The summed E-state index contributed by atoms with van der Waals surface area (Å²) in [5.74, 6) is -1.83. The second kappa shape index (κ2) is 9.35. The van der Waals surface area contributed by atoms with Crippen LogP contribution >= 0.6 is 0 Å². The highest BCUT2D eigenvalue weighted by Gasteiger charge is 2.24. The summed E-state index contributed by atoms with van der Waals surface area (Å²) in [7, 11) is 0. The predicted octanol–water partition coefficient (Wildman–Crippen LogP) is 4.18. The number of benzene rings is 1. The third-order valence-electron chi connectivity index (χ3n) is 3.10. The van der Waals surface area contributed by atoms with Gasteiger partial charge in [0.25, 0.3) is 0 Å². The van der Waals surface area contributed by atoms with Crippen LogP contribution in [0.4, 0.5) is 5.69 Å². The zero-order chi connectivity index (χ0) is 21.5. The highest BCUT2D eigenvalue weighted by Crippen LogP contribution is 2.18. The Bertz CT molecular complexity index is 777. The number of hydrogen-bond donors (Lipinski definition) is 1. The van der Waals surface area contributed by atoms with Crippen molar-refractivity contribution < 1.29 is 23.9 Å². The van der Waals surface area contributed by atoms with Gasteiger partial charge in [0.2, 0.25) is 5.91 Å². The van der Waals surface area contributed by atoms with Gasteiger partial charge in [-0.2, -0.15) is 0 Å². The lowest BCUT2D eigenvalue weighted by atomic mass is 10.1. The minimum absolute atomic E-state index is 0.0348. The first kappa shape index (κ1) is 23.1. The maximum Gasteiger partial charge on any atom is 0.339 e. The number of esters is 2. The molecule has 1 aromatic carbocycles. The fourth-order valence-corrected chi connectivity index (χ4v) is 2.09. The van der Waals surface area contributed by atoms with E-state index in [0.717, 1.165) is 6.08 Å². The van der Waals surface area contributed by atoms with E-state index in [2.05, 4.69) is 5.32 Å². The van der Waals surface area contributed by atoms with Crippen molar-refractivity contribution >= 4 is 23.5 Å². The molecule has 0 radical (unpaired) electrons. The van der Waals surface area contributed by atoms with Crippen LogP contribution in [0.15, 0.2) is 53.6 Å². The Balaban J connectivity index is 3.12. The van der Waals surface area contributed by atoms with Crippen LogP contribution in [0.1, 0.15) is 48.5 Å². The Morgan fingerprint density at radius 3 is 1.89 bits per heavy atom. The molecule has 0 aliphatic rings. The fourth-order valence-electron chi connectivity index (χ4n) is 2.09. The average molecular weight is 387 g/mol. The molecule has 0 heterocycles. The molecule has 6 nitrogen and oxygen atoms in total. The number of nitrogens with one attached hydrogen (secondary N) is 1. The molecule has 1 rings (SSSR count). The number of carbonyl (C=O) groups is 3. The molecule has 0 saturated heterocycles. The standard InChI is InChI=1S/C22H29NO5/c1-15(13-18(24)23-16-11-9-8-10-12-16)17(20(26)28-22(5,6)7)14-19(25)27-21(2,3)4/h8-14H,1-7H3,(H,23,24)/b15-13+,17-14-. The van der Waals surface area contributed by atoms with Crippen molar-refractivity contribution in [1.82, 2.24) is 0 Å². The minimum atomic E-state index is -0.753. The third-order valence-corrected chi connectivity index (χ3v) is 3.10. The molecule has 0 saturated carbocycles. The van der Waals surface area contributed by atoms with E-state index in [4.69, 9.17) is 9.47 Å². The van der Waals surface area contributed by atoms with Gasteiger partial charge in [0.1, 0.15) is 11.2 Å². The van der Waals surface area contributed by atoms with Crippen LogP contribution < -0.4 is 5.32 Å². The van der Waals surface area contributed by atoms with Crippen molar-refractivity contribution in [2.75, 3.05) is 5.32 Å². The quantitative estimate of drug-likeness (QED) is 0.466. The SMILES string of the molecule is CC(=C\C(=O)Nc1ccccc1)/C(=C/C(=O)OC(C)(C)C)C(=O)OC(C)(C)C. The normalized spacial score (nSPS) is 13.0. The van der Waals surface area contributed by atoms with Crippen molar-refractivity contribution in [2.45, 2.75) is 59.7 Å². The Morgan fingerprint density at radius 2 is 1.39 bits per heavy atom. The molecule has 1 amide bonds. The fraction of sp³-hybridized carbons (Fsp3) is 0.409. The third kappa shape index (κ3) is 9.16. The van der Waals surface area contributed by atoms with E-state index in [1.54, 1.807) is 72.7 Å². The zero-order valence-electron chi connectivity index (χ0n) is 17.6. The molecule has 0 unspecified atom stereocenters. The number of carbonyl (C=O) groups excluding carboxylic acids is 3. The molecular weight excluding hydrogens is 358 g/mol. The summed E-state index contributed by atoms with van der Waals surface area (Å²) in [6.45, 7) is 11.9. The van der Waals surface area contributed by atoms with E-state index < -0.39 is 29.0 Å². The lowest BCUT2D eigenvalue weighted by Crippen LogP contribution is -2.27. The largest absolute Gasteiger partial charge is 0.457 e. The second-order valence-electron chi connectivity index (χ2n) is 8.28. The summed E-state index contributed by atoms with van der Waals surface area (Å²) in [6, 6.07) is 8.90. The molecule has 0 bridgehead atoms. The smallest absolute Gasteiger partial charge is 0.339 e. The Hall–Kier alpha value is -2.89. The van der Waals surface area contributed by atoms with Gasteiger partial charge in [0.15, 0.2) is 0 Å². The van der Waals surface area contributed by atoms with Crippen LogP contribution in [0.5, 0.6) is 0 Å². The molecule has 0 aliphatic heterocycles. The van der Waals surface area contributed by atoms with Gasteiger partial charge in [-0.15, -0.1) is 0 Å². The predicted molar refractivity (Wildman–Crippen MR) is 109 cm³/mol. The van der Waals surface area contributed by atoms with Crippen molar-refractivity contribution in [3.8, 4) is 0 Å². The lowest BCUT2D eigenvalue weighted by Gasteiger charge is -2.22. The molecular formula is C22H29NO5. The Kier molecular flexibility index (Phi) is 7.73. The first-order valence-electron chi connectivity index (χ1n) is 8.99. The van der Waals surface area contributed by atoms with Gasteiger partial charge in [-0.1, -0.05) is 18.2 Å². The Morgan fingerprint density at radius 1 is 0.857 bits per heavy atom. The van der Waals surface area contributed by atoms with Gasteiger partial charge < -0.3 is 14.8 Å². The maximum atomic E-state index is 12.6. The average Bonchev–Trinajstić information content (AvgIpc) is 2.49. The van der Waals surface area contributed by atoms with Crippen molar-refractivity contribution in [2.24, 2.45) is 0 Å². The molecule has 1 N–H and O–H groups in total. The summed E-state index contributed by atoms with van der Waals surface area (Å²) in [4.78, 5) is 37.0. The van der Waals surface area contributed by atoms with Gasteiger partial charge in [0, 0.05) is 17.8 Å². The van der Waals surface area contributed by atoms with E-state index in [9.17, 15) is 14.4 Å². The van der Waals surface area contributed by atoms with Crippen LogP contribution in [0.25, 0.3) is 0 Å². The molecule has 1 aromatic rings. The number of hydrogen-bond acceptors (Lipinski definition) is 5. The molecule has 0 aliphatic carbocycles. The maximum absolute atomic E-state index is 12.6. The first-order valence-corrected chi connectivity index (χ1v) is 8.99. The van der Waals surface area contributed by atoms with Crippen LogP contribution in [0.3, 0.4) is 0 Å². The molecule has 0 fully saturated rings. The van der Waals surface area contributed by atoms with Crippen molar-refractivity contribution in [3.63, 3.8) is 0 Å². The van der Waals surface area contributed by atoms with Gasteiger partial charge in [0.05, 0.1) is 5.57 Å². The van der Waals surface area contributed by atoms with Gasteiger partial charge in [-0.25, -0.2) is 9.59 Å². The highest BCUT2D eigenvalue weighted by molar-refractivity contribution is 6.05. The topological polar surface area (TPSA) is 81.7 Å². The number of amides is 1. The lowest BCUT2D eigenvalue weighted by molar-refractivity contribution is -0.152. The summed E-state index contributed by atoms with van der Waals surface area (Å²) >= 11 is 0. The summed E-state index contributed by atoms with van der Waals surface area (Å²) < 4.78 is 10.6. The number of anilines is 1. The highest BCUT2D eigenvalue weighted by atomic mass is 16.6. The molecule has 0 spiro atoms. The molecule has 28 heavy (non-hydrogen) atoms. The first-order chi connectivity index (χ1) is 12.8. The van der Waals surface area contributed by atoms with E-state index in [1.807, 2.05) is 6.07 Å². The second-order valence-corrected chi connectivity index (χ2v) is 8.28. The number of ether oxygens (including phenoxy) is 2. The number of rotatable bonds is 5. The molecule has 0 atom stereocenters. The molecule has 152 valence electrons. The van der Waals surface area contributed by atoms with Crippen LogP contribution in [-0.2, 0) is 23.9 Å². The van der Waals surface area contributed by atoms with E-state index in [1.165, 1.54) is 6.08 Å². The monoisotopic (exact) mass is 387 g/mol. The summed E-state index contributed by atoms with van der Waals surface area (Å²) in [5.41, 5.74) is -0.599. The van der Waals surface area contributed by atoms with Crippen molar-refractivity contribution in [3.05, 3.63) is 53.6 Å². The number of para-hydroxylation sites is 1. The van der Waals surface area contributed by atoms with Crippen LogP contribution in [0.2, 0.25) is 0 Å².